The van der Waals surface area contributed by atoms with Crippen molar-refractivity contribution in [3.63, 3.8) is 0 Å². The summed E-state index contributed by atoms with van der Waals surface area (Å²) < 4.78 is 27.5. The summed E-state index contributed by atoms with van der Waals surface area (Å²) in [6.45, 7) is 5.43. The lowest BCUT2D eigenvalue weighted by molar-refractivity contribution is 0.0615. The monoisotopic (exact) mass is 480 g/mol. The Morgan fingerprint density at radius 1 is 1.37 bits per heavy atom. The molecule has 11 nitrogen and oxygen atoms in total. The van der Waals surface area contributed by atoms with Gasteiger partial charge in [0.15, 0.2) is 18.1 Å². The summed E-state index contributed by atoms with van der Waals surface area (Å²) in [5, 5.41) is 12.8. The second-order valence-electron chi connectivity index (χ2n) is 8.53. The Balaban J connectivity index is 1.34. The van der Waals surface area contributed by atoms with Gasteiger partial charge < -0.3 is 20.1 Å². The number of ether oxygens (including phenoxy) is 2. The molecule has 1 aliphatic rings. The third kappa shape index (κ3) is 4.52. The van der Waals surface area contributed by atoms with Gasteiger partial charge in [0, 0.05) is 48.0 Å². The minimum atomic E-state index is -1.54. The Morgan fingerprint density at radius 2 is 2.23 bits per heavy atom. The topological polar surface area (TPSA) is 131 Å². The Bertz CT molecular complexity index is 1340. The molecule has 1 aliphatic heterocycles. The summed E-state index contributed by atoms with van der Waals surface area (Å²) >= 11 is 0. The van der Waals surface area contributed by atoms with Crippen LogP contribution in [0.25, 0.3) is 16.8 Å². The Labute approximate surface area is 200 Å². The van der Waals surface area contributed by atoms with E-state index in [1.807, 2.05) is 23.5 Å². The van der Waals surface area contributed by atoms with Gasteiger partial charge in [0.2, 0.25) is 5.95 Å². The number of hydrogen-bond donors (Lipinski definition) is 3. The first-order chi connectivity index (χ1) is 16.9. The Kier molecular flexibility index (Phi) is 6.03. The van der Waals surface area contributed by atoms with Gasteiger partial charge >= 0.3 is 6.09 Å². The van der Waals surface area contributed by atoms with Gasteiger partial charge in [0.05, 0.1) is 18.0 Å². The number of nitrogens with one attached hydrogen (secondary N) is 3. The second-order valence-corrected chi connectivity index (χ2v) is 8.53. The van der Waals surface area contributed by atoms with E-state index in [-0.39, 0.29) is 12.6 Å². The number of fused-ring (bicyclic) bond motifs is 1. The number of carbonyl (C=O) groups is 1. The van der Waals surface area contributed by atoms with Crippen molar-refractivity contribution in [1.82, 2.24) is 34.9 Å². The Hall–Kier alpha value is -4.06. The van der Waals surface area contributed by atoms with E-state index >= 15 is 0 Å². The van der Waals surface area contributed by atoms with Crippen LogP contribution in [-0.2, 0) is 9.47 Å². The highest BCUT2D eigenvalue weighted by molar-refractivity contribution is 5.80. The van der Waals surface area contributed by atoms with Crippen LogP contribution in [-0.4, -0.2) is 60.6 Å². The zero-order valence-electron chi connectivity index (χ0n) is 19.4. The molecule has 182 valence electrons. The smallest absolute Gasteiger partial charge is 0.407 e. The van der Waals surface area contributed by atoms with Gasteiger partial charge in [0.25, 0.3) is 0 Å². The van der Waals surface area contributed by atoms with Crippen molar-refractivity contribution in [2.24, 2.45) is 0 Å². The number of carbonyl (C=O) groups excluding carboxylic acids is 1. The molecule has 5 heterocycles. The second kappa shape index (κ2) is 9.29. The molecule has 3 atom stereocenters. The molecule has 0 radical (unpaired) electrons. The van der Waals surface area contributed by atoms with Crippen LogP contribution in [0.15, 0.2) is 43.0 Å². The molecule has 1 fully saturated rings. The van der Waals surface area contributed by atoms with Crippen LogP contribution >= 0.6 is 0 Å². The van der Waals surface area contributed by atoms with Crippen LogP contribution in [0.4, 0.5) is 21.0 Å². The molecule has 0 saturated carbocycles. The molecule has 35 heavy (non-hydrogen) atoms. The number of halogens is 1. The number of imidazole rings is 1. The number of aromatic amines is 1. The predicted octanol–water partition coefficient (Wildman–Crippen LogP) is 3.48. The van der Waals surface area contributed by atoms with Crippen molar-refractivity contribution < 1.29 is 18.7 Å². The molecule has 1 amide bonds. The lowest BCUT2D eigenvalue weighted by Crippen LogP contribution is -2.36. The van der Waals surface area contributed by atoms with E-state index < -0.39 is 24.5 Å². The highest BCUT2D eigenvalue weighted by Gasteiger charge is 2.42. The first-order valence-corrected chi connectivity index (χ1v) is 11.2. The van der Waals surface area contributed by atoms with E-state index in [0.717, 1.165) is 16.8 Å². The maximum absolute atomic E-state index is 15.0. The summed E-state index contributed by atoms with van der Waals surface area (Å²) in [6.07, 6.45) is 2.80. The third-order valence-corrected chi connectivity index (χ3v) is 5.57. The number of aryl methyl sites for hydroxylation is 1. The van der Waals surface area contributed by atoms with E-state index in [9.17, 15) is 9.18 Å². The zero-order chi connectivity index (χ0) is 24.5. The van der Waals surface area contributed by atoms with E-state index in [1.54, 1.807) is 44.7 Å². The minimum absolute atomic E-state index is 0.0503. The number of rotatable bonds is 6. The van der Waals surface area contributed by atoms with Crippen molar-refractivity contribution in [2.75, 3.05) is 11.9 Å². The molecule has 4 aromatic heterocycles. The SMILES string of the molecule is Cc1nc(Nc2cc([C@H]3OC[C@@H](OC(=O)NC(C)C)[C@H]3F)[nH]n2)n2ccnc2c1-c1cccnc1. The number of hydrogen-bond acceptors (Lipinski definition) is 8. The third-order valence-electron chi connectivity index (χ3n) is 5.57. The van der Waals surface area contributed by atoms with Gasteiger partial charge in [0.1, 0.15) is 11.8 Å². The number of pyridine rings is 1. The van der Waals surface area contributed by atoms with Gasteiger partial charge in [-0.15, -0.1) is 0 Å². The molecule has 0 aromatic carbocycles. The fraction of sp³-hybridized carbons (Fsp3) is 0.348. The molecule has 0 aliphatic carbocycles. The predicted molar refractivity (Wildman–Crippen MR) is 125 cm³/mol. The summed E-state index contributed by atoms with van der Waals surface area (Å²) in [4.78, 5) is 25.2. The Morgan fingerprint density at radius 3 is 3.00 bits per heavy atom. The van der Waals surface area contributed by atoms with Crippen molar-refractivity contribution in [3.8, 4) is 11.1 Å². The summed E-state index contributed by atoms with van der Waals surface area (Å²) in [7, 11) is 0. The quantitative estimate of drug-likeness (QED) is 0.382. The number of nitrogens with zero attached hydrogens (tertiary/aromatic N) is 5. The van der Waals surface area contributed by atoms with E-state index in [0.29, 0.717) is 23.1 Å². The largest absolute Gasteiger partial charge is 0.441 e. The number of aromatic nitrogens is 6. The molecule has 0 spiro atoms. The van der Waals surface area contributed by atoms with E-state index in [4.69, 9.17) is 14.5 Å². The number of anilines is 2. The highest BCUT2D eigenvalue weighted by atomic mass is 19.1. The van der Waals surface area contributed by atoms with E-state index in [2.05, 4.69) is 30.8 Å². The molecular weight excluding hydrogens is 455 g/mol. The van der Waals surface area contributed by atoms with Crippen molar-refractivity contribution in [1.29, 1.82) is 0 Å². The van der Waals surface area contributed by atoms with Crippen molar-refractivity contribution in [3.05, 3.63) is 54.4 Å². The normalized spacial score (nSPS) is 19.9. The van der Waals surface area contributed by atoms with Gasteiger partial charge in [-0.1, -0.05) is 6.07 Å². The molecule has 3 N–H and O–H groups in total. The fourth-order valence-corrected chi connectivity index (χ4v) is 4.03. The lowest BCUT2D eigenvalue weighted by atomic mass is 10.1. The van der Waals surface area contributed by atoms with Crippen LogP contribution in [0, 0.1) is 6.92 Å². The number of H-pyrrole nitrogens is 1. The minimum Gasteiger partial charge on any atom is -0.441 e. The molecule has 5 rings (SSSR count). The summed E-state index contributed by atoms with van der Waals surface area (Å²) in [5.41, 5.74) is 3.68. The van der Waals surface area contributed by atoms with Gasteiger partial charge in [-0.25, -0.2) is 19.2 Å². The zero-order valence-corrected chi connectivity index (χ0v) is 19.4. The van der Waals surface area contributed by atoms with Crippen molar-refractivity contribution in [2.45, 2.75) is 45.2 Å². The van der Waals surface area contributed by atoms with Gasteiger partial charge in [-0.2, -0.15) is 5.10 Å². The average molecular weight is 481 g/mol. The molecule has 0 bridgehead atoms. The number of amides is 1. The maximum atomic E-state index is 15.0. The van der Waals surface area contributed by atoms with Crippen LogP contribution in [0.2, 0.25) is 0 Å². The molecular formula is C23H25FN8O3. The molecule has 12 heteroatoms. The van der Waals surface area contributed by atoms with Gasteiger partial charge in [-0.3, -0.25) is 14.5 Å². The van der Waals surface area contributed by atoms with Crippen LogP contribution in [0.3, 0.4) is 0 Å². The first kappa shape index (κ1) is 22.7. The lowest BCUT2D eigenvalue weighted by Gasteiger charge is -2.16. The van der Waals surface area contributed by atoms with Crippen LogP contribution < -0.4 is 10.6 Å². The molecule has 0 unspecified atom stereocenters. The van der Waals surface area contributed by atoms with E-state index in [1.165, 1.54) is 0 Å². The fourth-order valence-electron chi connectivity index (χ4n) is 4.03. The molecule has 4 aromatic rings. The van der Waals surface area contributed by atoms with Crippen molar-refractivity contribution >= 4 is 23.5 Å². The summed E-state index contributed by atoms with van der Waals surface area (Å²) in [6, 6.07) is 5.35. The molecule has 1 saturated heterocycles. The summed E-state index contributed by atoms with van der Waals surface area (Å²) in [5.74, 6) is 0.921. The number of alkyl halides is 1. The standard InChI is InChI=1S/C23H25FN8O3/c1-12(2)27-23(33)35-16-11-34-20(19(16)24)15-9-17(31-30-15)29-22-28-13(3)18(14-5-4-6-25-10-14)21-26-7-8-32(21)22/h4-10,12,16,19-20H,11H2,1-3H3,(H,27,33)(H2,28,29,30,31)/t16-,19-,20-/m1/s1. The highest BCUT2D eigenvalue weighted by Crippen LogP contribution is 2.34. The number of alkyl carbamates (subject to hydrolysis) is 1. The van der Waals surface area contributed by atoms with Crippen LogP contribution in [0.5, 0.6) is 0 Å². The maximum Gasteiger partial charge on any atom is 0.407 e. The van der Waals surface area contributed by atoms with Crippen LogP contribution in [0.1, 0.15) is 31.3 Å². The average Bonchev–Trinajstić information content (AvgIpc) is 3.55. The first-order valence-electron chi connectivity index (χ1n) is 11.2. The van der Waals surface area contributed by atoms with Gasteiger partial charge in [-0.05, 0) is 26.8 Å².